The summed E-state index contributed by atoms with van der Waals surface area (Å²) in [5.41, 5.74) is 0.605. The monoisotopic (exact) mass is 252 g/mol. The van der Waals surface area contributed by atoms with Crippen molar-refractivity contribution in [2.75, 3.05) is 11.9 Å². The lowest BCUT2D eigenvalue weighted by molar-refractivity contribution is -0.384. The number of anilines is 1. The Kier molecular flexibility index (Phi) is 5.42. The number of ether oxygens (including phenoxy) is 1. The van der Waals surface area contributed by atoms with Gasteiger partial charge in [0.1, 0.15) is 11.4 Å². The maximum Gasteiger partial charge on any atom is 0.296 e. The Balaban J connectivity index is 2.93. The summed E-state index contributed by atoms with van der Waals surface area (Å²) < 4.78 is 5.27. The van der Waals surface area contributed by atoms with Gasteiger partial charge >= 0.3 is 0 Å². The summed E-state index contributed by atoms with van der Waals surface area (Å²) in [5, 5.41) is 14.2. The second-order valence-corrected chi connectivity index (χ2v) is 4.20. The Hall–Kier alpha value is -1.78. The number of benzene rings is 1. The molecule has 0 saturated carbocycles. The van der Waals surface area contributed by atoms with Gasteiger partial charge in [-0.25, -0.2) is 0 Å². The average molecular weight is 252 g/mol. The van der Waals surface area contributed by atoms with Gasteiger partial charge in [-0.15, -0.1) is 0 Å². The third kappa shape index (κ3) is 3.91. The van der Waals surface area contributed by atoms with E-state index < -0.39 is 0 Å². The zero-order valence-electron chi connectivity index (χ0n) is 11.1. The van der Waals surface area contributed by atoms with Crippen molar-refractivity contribution in [3.63, 3.8) is 0 Å². The fraction of sp³-hybridized carbons (Fsp3) is 0.538. The molecule has 1 rings (SSSR count). The largest absolute Gasteiger partial charge is 0.494 e. The molecule has 1 aromatic carbocycles. The Morgan fingerprint density at radius 3 is 2.72 bits per heavy atom. The van der Waals surface area contributed by atoms with Gasteiger partial charge in [-0.3, -0.25) is 10.1 Å². The molecule has 1 N–H and O–H groups in total. The van der Waals surface area contributed by atoms with Gasteiger partial charge < -0.3 is 10.1 Å². The molecule has 0 saturated heterocycles. The first-order valence-electron chi connectivity index (χ1n) is 6.26. The van der Waals surface area contributed by atoms with Crippen LogP contribution in [0.2, 0.25) is 0 Å². The van der Waals surface area contributed by atoms with E-state index in [-0.39, 0.29) is 16.7 Å². The summed E-state index contributed by atoms with van der Waals surface area (Å²) in [6, 6.07) is 5.13. The van der Waals surface area contributed by atoms with E-state index in [1.165, 1.54) is 6.07 Å². The standard InChI is InChI=1S/C13H20N2O3/c1-4-6-10(3)14-12-8-7-11(18-5-2)9-13(12)15(16)17/h7-10,14H,4-6H2,1-3H3. The van der Waals surface area contributed by atoms with E-state index in [9.17, 15) is 10.1 Å². The van der Waals surface area contributed by atoms with Gasteiger partial charge in [0.15, 0.2) is 0 Å². The number of nitro benzene ring substituents is 1. The van der Waals surface area contributed by atoms with Gasteiger partial charge in [-0.1, -0.05) is 13.3 Å². The average Bonchev–Trinajstić information content (AvgIpc) is 2.31. The summed E-state index contributed by atoms with van der Waals surface area (Å²) in [6.45, 7) is 6.45. The lowest BCUT2D eigenvalue weighted by Crippen LogP contribution is -2.15. The summed E-state index contributed by atoms with van der Waals surface area (Å²) in [7, 11) is 0. The molecule has 0 heterocycles. The van der Waals surface area contributed by atoms with Crippen molar-refractivity contribution in [3.8, 4) is 5.75 Å². The number of nitrogens with one attached hydrogen (secondary N) is 1. The minimum absolute atomic E-state index is 0.0592. The van der Waals surface area contributed by atoms with Crippen molar-refractivity contribution >= 4 is 11.4 Å². The van der Waals surface area contributed by atoms with Crippen LogP contribution in [0.5, 0.6) is 5.75 Å². The van der Waals surface area contributed by atoms with E-state index >= 15 is 0 Å². The third-order valence-corrected chi connectivity index (χ3v) is 2.60. The van der Waals surface area contributed by atoms with Crippen LogP contribution in [0, 0.1) is 10.1 Å². The van der Waals surface area contributed by atoms with Crippen molar-refractivity contribution in [2.24, 2.45) is 0 Å². The molecule has 0 bridgehead atoms. The first kappa shape index (κ1) is 14.3. The van der Waals surface area contributed by atoms with Crippen molar-refractivity contribution in [2.45, 2.75) is 39.7 Å². The van der Waals surface area contributed by atoms with Crippen LogP contribution < -0.4 is 10.1 Å². The van der Waals surface area contributed by atoms with E-state index in [1.807, 2.05) is 13.8 Å². The molecule has 0 aromatic heterocycles. The van der Waals surface area contributed by atoms with Crippen LogP contribution in [0.3, 0.4) is 0 Å². The van der Waals surface area contributed by atoms with Crippen LogP contribution in [-0.4, -0.2) is 17.6 Å². The topological polar surface area (TPSA) is 64.4 Å². The lowest BCUT2D eigenvalue weighted by atomic mass is 10.1. The lowest BCUT2D eigenvalue weighted by Gasteiger charge is -2.14. The Morgan fingerprint density at radius 2 is 2.17 bits per heavy atom. The van der Waals surface area contributed by atoms with Crippen LogP contribution in [-0.2, 0) is 0 Å². The molecule has 5 heteroatoms. The van der Waals surface area contributed by atoms with Crippen LogP contribution in [0.15, 0.2) is 18.2 Å². The van der Waals surface area contributed by atoms with Gasteiger partial charge in [0.25, 0.3) is 5.69 Å². The first-order chi connectivity index (χ1) is 8.58. The molecule has 0 aliphatic heterocycles. The quantitative estimate of drug-likeness (QED) is 0.595. The number of nitro groups is 1. The van der Waals surface area contributed by atoms with Crippen LogP contribution >= 0.6 is 0 Å². The van der Waals surface area contributed by atoms with E-state index in [0.717, 1.165) is 12.8 Å². The molecule has 0 amide bonds. The van der Waals surface area contributed by atoms with Crippen molar-refractivity contribution in [3.05, 3.63) is 28.3 Å². The molecule has 0 aliphatic carbocycles. The molecule has 18 heavy (non-hydrogen) atoms. The normalized spacial score (nSPS) is 11.9. The molecule has 1 unspecified atom stereocenters. The van der Waals surface area contributed by atoms with Crippen molar-refractivity contribution < 1.29 is 9.66 Å². The van der Waals surface area contributed by atoms with Crippen LogP contribution in [0.4, 0.5) is 11.4 Å². The molecule has 100 valence electrons. The smallest absolute Gasteiger partial charge is 0.296 e. The molecule has 1 atom stereocenters. The molecule has 0 fully saturated rings. The number of hydrogen-bond acceptors (Lipinski definition) is 4. The number of rotatable bonds is 7. The molecule has 0 aliphatic rings. The second-order valence-electron chi connectivity index (χ2n) is 4.20. The predicted octanol–water partition coefficient (Wildman–Crippen LogP) is 3.59. The zero-order valence-corrected chi connectivity index (χ0v) is 11.1. The Morgan fingerprint density at radius 1 is 1.44 bits per heavy atom. The fourth-order valence-corrected chi connectivity index (χ4v) is 1.81. The zero-order chi connectivity index (χ0) is 13.5. The van der Waals surface area contributed by atoms with E-state index in [2.05, 4.69) is 12.2 Å². The number of hydrogen-bond donors (Lipinski definition) is 1. The molecule has 0 spiro atoms. The highest BCUT2D eigenvalue weighted by Gasteiger charge is 2.16. The van der Waals surface area contributed by atoms with Gasteiger partial charge in [0.05, 0.1) is 17.6 Å². The van der Waals surface area contributed by atoms with E-state index in [4.69, 9.17) is 4.74 Å². The summed E-state index contributed by atoms with van der Waals surface area (Å²) in [4.78, 5) is 10.6. The second kappa shape index (κ2) is 6.83. The van der Waals surface area contributed by atoms with Crippen LogP contribution in [0.25, 0.3) is 0 Å². The van der Waals surface area contributed by atoms with Crippen molar-refractivity contribution in [1.29, 1.82) is 0 Å². The predicted molar refractivity (Wildman–Crippen MR) is 72.3 cm³/mol. The van der Waals surface area contributed by atoms with E-state index in [0.29, 0.717) is 18.0 Å². The minimum atomic E-state index is -0.385. The van der Waals surface area contributed by atoms with Gasteiger partial charge in [0.2, 0.25) is 0 Å². The Bertz CT molecular complexity index is 407. The fourth-order valence-electron chi connectivity index (χ4n) is 1.81. The van der Waals surface area contributed by atoms with Gasteiger partial charge in [-0.05, 0) is 32.4 Å². The molecule has 1 aromatic rings. The highest BCUT2D eigenvalue weighted by Crippen LogP contribution is 2.29. The molecule has 5 nitrogen and oxygen atoms in total. The highest BCUT2D eigenvalue weighted by molar-refractivity contribution is 5.64. The Labute approximate surface area is 107 Å². The van der Waals surface area contributed by atoms with Crippen LogP contribution in [0.1, 0.15) is 33.6 Å². The van der Waals surface area contributed by atoms with E-state index in [1.54, 1.807) is 12.1 Å². The summed E-state index contributed by atoms with van der Waals surface area (Å²) in [6.07, 6.45) is 2.02. The highest BCUT2D eigenvalue weighted by atomic mass is 16.6. The molecular weight excluding hydrogens is 232 g/mol. The van der Waals surface area contributed by atoms with Gasteiger partial charge in [0, 0.05) is 6.04 Å². The maximum absolute atomic E-state index is 11.0. The van der Waals surface area contributed by atoms with Gasteiger partial charge in [-0.2, -0.15) is 0 Å². The van der Waals surface area contributed by atoms with Crippen molar-refractivity contribution in [1.82, 2.24) is 0 Å². The number of nitrogens with zero attached hydrogens (tertiary/aromatic N) is 1. The first-order valence-corrected chi connectivity index (χ1v) is 6.26. The SMILES string of the molecule is CCCC(C)Nc1ccc(OCC)cc1[N+](=O)[O-]. The molecule has 0 radical (unpaired) electrons. The maximum atomic E-state index is 11.0. The summed E-state index contributed by atoms with van der Waals surface area (Å²) >= 11 is 0. The minimum Gasteiger partial charge on any atom is -0.494 e. The third-order valence-electron chi connectivity index (χ3n) is 2.60. The molecular formula is C13H20N2O3. The summed E-state index contributed by atoms with van der Waals surface area (Å²) in [5.74, 6) is 0.526.